The molecule has 3 nitrogen and oxygen atoms in total. The minimum absolute atomic E-state index is 0.103. The molecule has 0 unspecified atom stereocenters. The van der Waals surface area contributed by atoms with E-state index in [2.05, 4.69) is 25.1 Å². The molecule has 128 valence electrons. The predicted molar refractivity (Wildman–Crippen MR) is 92.9 cm³/mol. The van der Waals surface area contributed by atoms with Crippen molar-refractivity contribution in [2.24, 2.45) is 11.3 Å². The van der Waals surface area contributed by atoms with E-state index in [-0.39, 0.29) is 12.0 Å². The van der Waals surface area contributed by atoms with Crippen molar-refractivity contribution in [2.45, 2.75) is 63.4 Å². The Hall–Kier alpha value is -1.35. The molecule has 1 N–H and O–H groups in total. The summed E-state index contributed by atoms with van der Waals surface area (Å²) < 4.78 is 0. The minimum Gasteiger partial charge on any atom is -0.393 e. The highest BCUT2D eigenvalue weighted by Crippen LogP contribution is 2.57. The average molecular weight is 325 g/mol. The molecule has 1 aromatic carbocycles. The Morgan fingerprint density at radius 1 is 1.17 bits per heavy atom. The second kappa shape index (κ2) is 5.08. The number of aliphatic hydroxyl groups excluding tert-OH is 1. The van der Waals surface area contributed by atoms with Crippen molar-refractivity contribution in [3.05, 3.63) is 34.9 Å². The third-order valence-electron chi connectivity index (χ3n) is 6.98. The number of aliphatic hydroxyl groups is 1. The van der Waals surface area contributed by atoms with Gasteiger partial charge in [0.1, 0.15) is 0 Å². The van der Waals surface area contributed by atoms with Crippen LogP contribution in [0.1, 0.15) is 67.1 Å². The van der Waals surface area contributed by atoms with Gasteiger partial charge < -0.3 is 10.0 Å². The average Bonchev–Trinajstić information content (AvgIpc) is 3.26. The molecule has 0 atom stereocenters. The Morgan fingerprint density at radius 3 is 2.50 bits per heavy atom. The third kappa shape index (κ3) is 2.32. The highest BCUT2D eigenvalue weighted by atomic mass is 16.3. The molecular formula is C21H27NO2. The molecular weight excluding hydrogens is 298 g/mol. The maximum atomic E-state index is 12.3. The van der Waals surface area contributed by atoms with Crippen molar-refractivity contribution in [2.75, 3.05) is 13.1 Å². The van der Waals surface area contributed by atoms with Gasteiger partial charge >= 0.3 is 0 Å². The SMILES string of the molecule is Cc1ccc(C2CC3(C2)CN(C(=O)C2CC(O)C2)C3)cc1C1CC1. The second-order valence-electron chi connectivity index (χ2n) is 9.01. The normalized spacial score (nSPS) is 31.3. The van der Waals surface area contributed by atoms with Gasteiger partial charge in [-0.2, -0.15) is 0 Å². The van der Waals surface area contributed by atoms with E-state index in [0.717, 1.165) is 19.0 Å². The second-order valence-corrected chi connectivity index (χ2v) is 9.01. The van der Waals surface area contributed by atoms with E-state index in [4.69, 9.17) is 0 Å². The Bertz CT molecular complexity index is 673. The molecule has 1 aliphatic heterocycles. The van der Waals surface area contributed by atoms with Crippen molar-refractivity contribution in [1.82, 2.24) is 4.90 Å². The first-order chi connectivity index (χ1) is 11.5. The van der Waals surface area contributed by atoms with Gasteiger partial charge in [0.25, 0.3) is 0 Å². The van der Waals surface area contributed by atoms with Crippen LogP contribution in [0.25, 0.3) is 0 Å². The molecule has 1 saturated heterocycles. The van der Waals surface area contributed by atoms with Gasteiger partial charge in [-0.25, -0.2) is 0 Å². The number of carbonyl (C=O) groups excluding carboxylic acids is 1. The van der Waals surface area contributed by atoms with Crippen LogP contribution in [0, 0.1) is 18.3 Å². The van der Waals surface area contributed by atoms with Gasteiger partial charge in [0.2, 0.25) is 5.91 Å². The van der Waals surface area contributed by atoms with E-state index in [1.807, 2.05) is 4.90 Å². The molecule has 1 heterocycles. The summed E-state index contributed by atoms with van der Waals surface area (Å²) in [6.07, 6.45) is 6.35. The summed E-state index contributed by atoms with van der Waals surface area (Å²) in [7, 11) is 0. The van der Waals surface area contributed by atoms with Crippen molar-refractivity contribution in [3.63, 3.8) is 0 Å². The highest BCUT2D eigenvalue weighted by Gasteiger charge is 2.55. The largest absolute Gasteiger partial charge is 0.393 e. The lowest BCUT2D eigenvalue weighted by Crippen LogP contribution is -2.64. The zero-order valence-corrected chi connectivity index (χ0v) is 14.5. The first-order valence-corrected chi connectivity index (χ1v) is 9.60. The Morgan fingerprint density at radius 2 is 1.88 bits per heavy atom. The van der Waals surface area contributed by atoms with Crippen LogP contribution in [0.3, 0.4) is 0 Å². The van der Waals surface area contributed by atoms with E-state index in [1.165, 1.54) is 36.8 Å². The molecule has 1 spiro atoms. The van der Waals surface area contributed by atoms with Crippen molar-refractivity contribution >= 4 is 5.91 Å². The Kier molecular flexibility index (Phi) is 3.16. The molecule has 3 saturated carbocycles. The number of likely N-dealkylation sites (tertiary alicyclic amines) is 1. The van der Waals surface area contributed by atoms with Crippen LogP contribution in [-0.4, -0.2) is 35.1 Å². The fourth-order valence-electron chi connectivity index (χ4n) is 5.19. The molecule has 0 aromatic heterocycles. The lowest BCUT2D eigenvalue weighted by molar-refractivity contribution is -0.162. The van der Waals surface area contributed by atoms with Crippen molar-refractivity contribution in [1.29, 1.82) is 0 Å². The Labute approximate surface area is 144 Å². The topological polar surface area (TPSA) is 40.5 Å². The van der Waals surface area contributed by atoms with Gasteiger partial charge in [-0.15, -0.1) is 0 Å². The van der Waals surface area contributed by atoms with Crippen LogP contribution >= 0.6 is 0 Å². The van der Waals surface area contributed by atoms with Gasteiger partial charge in [-0.1, -0.05) is 18.2 Å². The summed E-state index contributed by atoms with van der Waals surface area (Å²) >= 11 is 0. The number of hydrogen-bond acceptors (Lipinski definition) is 2. The lowest BCUT2D eigenvalue weighted by atomic mass is 9.55. The summed E-state index contributed by atoms with van der Waals surface area (Å²) in [5.41, 5.74) is 4.98. The van der Waals surface area contributed by atoms with Crippen LogP contribution in [0.2, 0.25) is 0 Å². The van der Waals surface area contributed by atoms with E-state index in [9.17, 15) is 9.90 Å². The maximum absolute atomic E-state index is 12.3. The summed E-state index contributed by atoms with van der Waals surface area (Å²) in [6.45, 7) is 4.15. The van der Waals surface area contributed by atoms with E-state index < -0.39 is 0 Å². The summed E-state index contributed by atoms with van der Waals surface area (Å²) in [5, 5.41) is 9.38. The van der Waals surface area contributed by atoms with Crippen LogP contribution in [0.4, 0.5) is 0 Å². The molecule has 1 aromatic rings. The lowest BCUT2D eigenvalue weighted by Gasteiger charge is -2.60. The first kappa shape index (κ1) is 14.9. The standard InChI is InChI=1S/C21H27NO2/c1-13-2-3-15(8-19(13)14-4-5-14)17-9-21(10-17)11-22(12-21)20(24)16-6-18(23)7-16/h2-3,8,14,16-18,23H,4-7,9-12H2,1H3. The minimum atomic E-state index is -0.232. The monoisotopic (exact) mass is 325 g/mol. The van der Waals surface area contributed by atoms with Gasteiger partial charge in [0.15, 0.2) is 0 Å². The molecule has 1 amide bonds. The van der Waals surface area contributed by atoms with E-state index in [0.29, 0.717) is 30.1 Å². The first-order valence-electron chi connectivity index (χ1n) is 9.60. The third-order valence-corrected chi connectivity index (χ3v) is 6.98. The fraction of sp³-hybridized carbons (Fsp3) is 0.667. The maximum Gasteiger partial charge on any atom is 0.225 e. The molecule has 0 radical (unpaired) electrons. The molecule has 4 fully saturated rings. The molecule has 24 heavy (non-hydrogen) atoms. The summed E-state index contributed by atoms with van der Waals surface area (Å²) in [4.78, 5) is 14.4. The number of nitrogens with zero attached hydrogens (tertiary/aromatic N) is 1. The Balaban J connectivity index is 1.18. The van der Waals surface area contributed by atoms with Gasteiger partial charge in [-0.3, -0.25) is 4.79 Å². The summed E-state index contributed by atoms with van der Waals surface area (Å²) in [5.74, 6) is 1.92. The fourth-order valence-corrected chi connectivity index (χ4v) is 5.19. The van der Waals surface area contributed by atoms with Crippen molar-refractivity contribution < 1.29 is 9.90 Å². The van der Waals surface area contributed by atoms with Gasteiger partial charge in [-0.05, 0) is 74.0 Å². The zero-order valence-electron chi connectivity index (χ0n) is 14.5. The quantitative estimate of drug-likeness (QED) is 0.926. The number of carbonyl (C=O) groups is 1. The zero-order chi connectivity index (χ0) is 16.5. The van der Waals surface area contributed by atoms with Crippen molar-refractivity contribution in [3.8, 4) is 0 Å². The van der Waals surface area contributed by atoms with Crippen LogP contribution in [-0.2, 0) is 4.79 Å². The molecule has 3 heteroatoms. The van der Waals surface area contributed by atoms with Crippen LogP contribution < -0.4 is 0 Å². The number of amides is 1. The number of rotatable bonds is 3. The van der Waals surface area contributed by atoms with E-state index >= 15 is 0 Å². The number of hydrogen-bond donors (Lipinski definition) is 1. The smallest absolute Gasteiger partial charge is 0.225 e. The summed E-state index contributed by atoms with van der Waals surface area (Å²) in [6, 6.07) is 7.12. The van der Waals surface area contributed by atoms with Crippen LogP contribution in [0.5, 0.6) is 0 Å². The molecule has 5 rings (SSSR count). The highest BCUT2D eigenvalue weighted by molar-refractivity contribution is 5.81. The van der Waals surface area contributed by atoms with E-state index in [1.54, 1.807) is 5.56 Å². The molecule has 0 bridgehead atoms. The predicted octanol–water partition coefficient (Wildman–Crippen LogP) is 3.35. The number of benzene rings is 1. The van der Waals surface area contributed by atoms with Gasteiger partial charge in [0.05, 0.1) is 6.10 Å². The van der Waals surface area contributed by atoms with Crippen LogP contribution in [0.15, 0.2) is 18.2 Å². The molecule has 3 aliphatic carbocycles. The van der Waals surface area contributed by atoms with Gasteiger partial charge in [0, 0.05) is 24.4 Å². The molecule has 4 aliphatic rings. The number of aryl methyl sites for hydroxylation is 1.